The van der Waals surface area contributed by atoms with Crippen molar-refractivity contribution in [3.63, 3.8) is 0 Å². The number of carbonyl (C=O) groups excluding carboxylic acids is 3. The van der Waals surface area contributed by atoms with Crippen LogP contribution in [0.4, 0.5) is 9.18 Å². The molecule has 32 heavy (non-hydrogen) atoms. The van der Waals surface area contributed by atoms with Crippen LogP contribution in [0.5, 0.6) is 0 Å². The zero-order valence-electron chi connectivity index (χ0n) is 18.6. The summed E-state index contributed by atoms with van der Waals surface area (Å²) >= 11 is 0. The molecule has 0 spiro atoms. The van der Waals surface area contributed by atoms with E-state index < -0.39 is 23.3 Å². The normalized spacial score (nSPS) is 23.1. The second-order valence-corrected chi connectivity index (χ2v) is 8.54. The largest absolute Gasteiger partial charge is 0.376 e. The van der Waals surface area contributed by atoms with E-state index in [-0.39, 0.29) is 24.9 Å². The lowest BCUT2D eigenvalue weighted by Crippen LogP contribution is -2.43. The topological polar surface area (TPSA) is 80.6 Å². The van der Waals surface area contributed by atoms with Crippen LogP contribution in [0.2, 0.25) is 0 Å². The standard InChI is InChI=1S/C24H28FN3O4/c1-4-24(17-7-9-18(25)10-8-17)22(30)28(23(31)26-24)14-21(29)20-12-15(2)27(16(20)3)13-19-6-5-11-32-19/h7-10,12,19H,4-6,11,13-14H2,1-3H3,(H,26,31)/t19-,24-/m1/s1. The van der Waals surface area contributed by atoms with Crippen LogP contribution in [-0.4, -0.2) is 46.4 Å². The van der Waals surface area contributed by atoms with E-state index in [4.69, 9.17) is 4.74 Å². The Balaban J connectivity index is 1.55. The van der Waals surface area contributed by atoms with Crippen molar-refractivity contribution in [3.8, 4) is 0 Å². The van der Waals surface area contributed by atoms with Crippen LogP contribution < -0.4 is 5.32 Å². The Morgan fingerprint density at radius 2 is 1.97 bits per heavy atom. The molecule has 2 aromatic rings. The third kappa shape index (κ3) is 3.72. The predicted molar refractivity (Wildman–Crippen MR) is 116 cm³/mol. The van der Waals surface area contributed by atoms with Crippen LogP contribution in [0.15, 0.2) is 30.3 Å². The summed E-state index contributed by atoms with van der Waals surface area (Å²) in [6.45, 7) is 6.66. The monoisotopic (exact) mass is 441 g/mol. The Labute approximate surface area is 186 Å². The van der Waals surface area contributed by atoms with E-state index in [0.29, 0.717) is 17.7 Å². The summed E-state index contributed by atoms with van der Waals surface area (Å²) in [6.07, 6.45) is 2.44. The lowest BCUT2D eigenvalue weighted by atomic mass is 9.87. The molecular formula is C24H28FN3O4. The molecule has 2 fully saturated rings. The number of ether oxygens (including phenoxy) is 1. The van der Waals surface area contributed by atoms with Gasteiger partial charge < -0.3 is 14.6 Å². The average Bonchev–Trinajstić information content (AvgIpc) is 3.45. The predicted octanol–water partition coefficient (Wildman–Crippen LogP) is 3.46. The number of urea groups is 1. The molecule has 2 atom stereocenters. The van der Waals surface area contributed by atoms with Crippen LogP contribution in [0.25, 0.3) is 0 Å². The Morgan fingerprint density at radius 1 is 1.25 bits per heavy atom. The van der Waals surface area contributed by atoms with Gasteiger partial charge in [0, 0.05) is 30.1 Å². The van der Waals surface area contributed by atoms with E-state index in [1.54, 1.807) is 13.0 Å². The van der Waals surface area contributed by atoms with Gasteiger partial charge in [0.05, 0.1) is 12.6 Å². The number of aromatic nitrogens is 1. The fourth-order valence-corrected chi connectivity index (χ4v) is 4.73. The second-order valence-electron chi connectivity index (χ2n) is 8.54. The number of ketones is 1. The van der Waals surface area contributed by atoms with Crippen LogP contribution in [0, 0.1) is 19.7 Å². The third-order valence-corrected chi connectivity index (χ3v) is 6.63. The Morgan fingerprint density at radius 3 is 2.59 bits per heavy atom. The van der Waals surface area contributed by atoms with Gasteiger partial charge in [-0.2, -0.15) is 0 Å². The smallest absolute Gasteiger partial charge is 0.325 e. The van der Waals surface area contributed by atoms with Gasteiger partial charge in [-0.15, -0.1) is 0 Å². The first kappa shape index (κ1) is 22.2. The minimum absolute atomic E-state index is 0.134. The van der Waals surface area contributed by atoms with Gasteiger partial charge in [0.1, 0.15) is 11.4 Å². The number of hydrogen-bond donors (Lipinski definition) is 1. The molecule has 8 heteroatoms. The maximum Gasteiger partial charge on any atom is 0.325 e. The third-order valence-electron chi connectivity index (χ3n) is 6.63. The minimum atomic E-state index is -1.30. The van der Waals surface area contributed by atoms with Crippen molar-refractivity contribution in [3.05, 3.63) is 58.7 Å². The van der Waals surface area contributed by atoms with Crippen LogP contribution >= 0.6 is 0 Å². The quantitative estimate of drug-likeness (QED) is 0.527. The number of halogens is 1. The van der Waals surface area contributed by atoms with Crippen molar-refractivity contribution < 1.29 is 23.5 Å². The molecule has 2 saturated heterocycles. The molecule has 170 valence electrons. The summed E-state index contributed by atoms with van der Waals surface area (Å²) in [6, 6.07) is 6.66. The van der Waals surface area contributed by atoms with Crippen molar-refractivity contribution >= 4 is 17.7 Å². The average molecular weight is 442 g/mol. The summed E-state index contributed by atoms with van der Waals surface area (Å²) in [7, 11) is 0. The fourth-order valence-electron chi connectivity index (χ4n) is 4.73. The van der Waals surface area contributed by atoms with Crippen LogP contribution in [0.1, 0.15) is 53.5 Å². The SMILES string of the molecule is CC[C@]1(c2ccc(F)cc2)NC(=O)N(CC(=O)c2cc(C)n(C[C@H]3CCCO3)c2C)C1=O. The molecule has 0 bridgehead atoms. The van der Waals surface area contributed by atoms with E-state index in [2.05, 4.69) is 9.88 Å². The number of aryl methyl sites for hydroxylation is 1. The molecule has 7 nitrogen and oxygen atoms in total. The highest BCUT2D eigenvalue weighted by atomic mass is 19.1. The van der Waals surface area contributed by atoms with Gasteiger partial charge in [0.15, 0.2) is 5.78 Å². The zero-order chi connectivity index (χ0) is 23.0. The Hall–Kier alpha value is -3.00. The molecule has 0 aliphatic carbocycles. The van der Waals surface area contributed by atoms with E-state index >= 15 is 0 Å². The zero-order valence-corrected chi connectivity index (χ0v) is 18.6. The number of nitrogens with zero attached hydrogens (tertiary/aromatic N) is 2. The van der Waals surface area contributed by atoms with E-state index in [1.807, 2.05) is 13.8 Å². The molecule has 0 unspecified atom stereocenters. The number of imide groups is 1. The van der Waals surface area contributed by atoms with E-state index in [1.165, 1.54) is 24.3 Å². The molecule has 0 saturated carbocycles. The van der Waals surface area contributed by atoms with Gasteiger partial charge in [-0.3, -0.25) is 14.5 Å². The number of nitrogens with one attached hydrogen (secondary N) is 1. The number of carbonyl (C=O) groups is 3. The molecule has 2 aliphatic rings. The number of Topliss-reactive ketones (excluding diaryl/α,β-unsaturated/α-hetero) is 1. The van der Waals surface area contributed by atoms with Gasteiger partial charge in [-0.25, -0.2) is 9.18 Å². The highest BCUT2D eigenvalue weighted by Gasteiger charge is 2.51. The second kappa shape index (κ2) is 8.50. The molecule has 3 heterocycles. The Kier molecular flexibility index (Phi) is 5.90. The molecule has 0 radical (unpaired) electrons. The Bertz CT molecular complexity index is 1060. The van der Waals surface area contributed by atoms with Crippen molar-refractivity contribution in [2.24, 2.45) is 0 Å². The molecular weight excluding hydrogens is 413 g/mol. The molecule has 3 amide bonds. The number of benzene rings is 1. The maximum absolute atomic E-state index is 13.4. The van der Waals surface area contributed by atoms with Crippen molar-refractivity contribution in [2.45, 2.75) is 58.2 Å². The van der Waals surface area contributed by atoms with Crippen LogP contribution in [0.3, 0.4) is 0 Å². The van der Waals surface area contributed by atoms with E-state index in [9.17, 15) is 18.8 Å². The fraction of sp³-hybridized carbons (Fsp3) is 0.458. The summed E-state index contributed by atoms with van der Waals surface area (Å²) in [5.74, 6) is -1.23. The van der Waals surface area contributed by atoms with E-state index in [0.717, 1.165) is 35.7 Å². The summed E-state index contributed by atoms with van der Waals surface area (Å²) in [4.78, 5) is 40.1. The minimum Gasteiger partial charge on any atom is -0.376 e. The van der Waals surface area contributed by atoms with Crippen molar-refractivity contribution in [1.82, 2.24) is 14.8 Å². The summed E-state index contributed by atoms with van der Waals surface area (Å²) < 4.78 is 21.2. The molecule has 1 aromatic heterocycles. The molecule has 1 aromatic carbocycles. The highest BCUT2D eigenvalue weighted by molar-refractivity contribution is 6.11. The van der Waals surface area contributed by atoms with Crippen LogP contribution in [-0.2, 0) is 21.6 Å². The summed E-state index contributed by atoms with van der Waals surface area (Å²) in [5, 5.41) is 2.73. The van der Waals surface area contributed by atoms with Gasteiger partial charge in [-0.1, -0.05) is 19.1 Å². The van der Waals surface area contributed by atoms with Crippen molar-refractivity contribution in [2.75, 3.05) is 13.2 Å². The van der Waals surface area contributed by atoms with Crippen molar-refractivity contribution in [1.29, 1.82) is 0 Å². The maximum atomic E-state index is 13.4. The lowest BCUT2D eigenvalue weighted by molar-refractivity contribution is -0.131. The molecule has 1 N–H and O–H groups in total. The first-order valence-electron chi connectivity index (χ1n) is 11.0. The van der Waals surface area contributed by atoms with Gasteiger partial charge in [-0.05, 0) is 56.9 Å². The molecule has 4 rings (SSSR count). The number of amides is 3. The van der Waals surface area contributed by atoms with Gasteiger partial charge in [0.25, 0.3) is 5.91 Å². The highest BCUT2D eigenvalue weighted by Crippen LogP contribution is 2.33. The lowest BCUT2D eigenvalue weighted by Gasteiger charge is -2.25. The summed E-state index contributed by atoms with van der Waals surface area (Å²) in [5.41, 5.74) is 1.42. The first-order valence-corrected chi connectivity index (χ1v) is 11.0. The number of rotatable bonds is 7. The number of hydrogen-bond acceptors (Lipinski definition) is 4. The van der Waals surface area contributed by atoms with Gasteiger partial charge >= 0.3 is 6.03 Å². The van der Waals surface area contributed by atoms with Gasteiger partial charge in [0.2, 0.25) is 0 Å². The molecule has 2 aliphatic heterocycles. The first-order chi connectivity index (χ1) is 15.3.